The topological polar surface area (TPSA) is 12.5 Å². The number of allylic oxidation sites excluding steroid dienone is 5. The Kier molecular flexibility index (Phi) is 4.46. The van der Waals surface area contributed by atoms with E-state index in [9.17, 15) is 0 Å². The van der Waals surface area contributed by atoms with Crippen molar-refractivity contribution in [1.82, 2.24) is 4.90 Å². The van der Waals surface area contributed by atoms with Crippen LogP contribution in [0.3, 0.4) is 0 Å². The zero-order chi connectivity index (χ0) is 14.5. The Balaban J connectivity index is 2.31. The van der Waals surface area contributed by atoms with Crippen LogP contribution in [0.25, 0.3) is 5.57 Å². The molecule has 1 aliphatic rings. The van der Waals surface area contributed by atoms with Gasteiger partial charge in [-0.1, -0.05) is 31.7 Å². The monoisotopic (exact) mass is 267 g/mol. The van der Waals surface area contributed by atoms with E-state index in [1.165, 1.54) is 16.8 Å². The lowest BCUT2D eigenvalue weighted by Crippen LogP contribution is -2.15. The van der Waals surface area contributed by atoms with Crippen molar-refractivity contribution in [2.75, 3.05) is 7.11 Å². The molecule has 20 heavy (non-hydrogen) atoms. The summed E-state index contributed by atoms with van der Waals surface area (Å²) in [7, 11) is 1.68. The van der Waals surface area contributed by atoms with E-state index in [0.29, 0.717) is 0 Å². The summed E-state index contributed by atoms with van der Waals surface area (Å²) in [5.41, 5.74) is 4.65. The number of benzene rings is 1. The molecule has 0 bridgehead atoms. The SMILES string of the molecule is C=C1C=CC=C(C)N1/C=C(\CC)c1ccc(OC)cc1. The Labute approximate surface area is 121 Å². The highest BCUT2D eigenvalue weighted by atomic mass is 16.5. The smallest absolute Gasteiger partial charge is 0.118 e. The van der Waals surface area contributed by atoms with E-state index in [-0.39, 0.29) is 0 Å². The van der Waals surface area contributed by atoms with Gasteiger partial charge in [0.15, 0.2) is 0 Å². The predicted octanol–water partition coefficient (Wildman–Crippen LogP) is 4.74. The molecule has 0 saturated heterocycles. The normalized spacial score (nSPS) is 15.3. The molecule has 0 unspecified atom stereocenters. The second-order valence-electron chi connectivity index (χ2n) is 4.76. The van der Waals surface area contributed by atoms with Gasteiger partial charge < -0.3 is 9.64 Å². The van der Waals surface area contributed by atoms with Crippen molar-refractivity contribution in [2.24, 2.45) is 0 Å². The van der Waals surface area contributed by atoms with Gasteiger partial charge in [0.25, 0.3) is 0 Å². The third kappa shape index (κ3) is 3.02. The van der Waals surface area contributed by atoms with Gasteiger partial charge in [-0.2, -0.15) is 0 Å². The summed E-state index contributed by atoms with van der Waals surface area (Å²) < 4.78 is 5.20. The van der Waals surface area contributed by atoms with Gasteiger partial charge in [-0.05, 0) is 48.8 Å². The standard InChI is InChI=1S/C18H21NO/c1-5-16(17-9-11-18(20-4)12-10-17)13-19-14(2)7-6-8-15(19)3/h6-13H,2,5H2,1,3-4H3/b16-13+. The highest BCUT2D eigenvalue weighted by molar-refractivity contribution is 5.66. The fourth-order valence-corrected chi connectivity index (χ4v) is 2.20. The number of hydrogen-bond acceptors (Lipinski definition) is 2. The third-order valence-electron chi connectivity index (χ3n) is 3.44. The van der Waals surface area contributed by atoms with Gasteiger partial charge in [0.1, 0.15) is 5.75 Å². The zero-order valence-corrected chi connectivity index (χ0v) is 12.4. The fraction of sp³-hybridized carbons (Fsp3) is 0.222. The molecule has 0 saturated carbocycles. The van der Waals surface area contributed by atoms with Crippen molar-refractivity contribution < 1.29 is 4.74 Å². The summed E-state index contributed by atoms with van der Waals surface area (Å²) in [6, 6.07) is 8.17. The summed E-state index contributed by atoms with van der Waals surface area (Å²) in [4.78, 5) is 2.13. The first-order valence-corrected chi connectivity index (χ1v) is 6.84. The molecule has 0 radical (unpaired) electrons. The fourth-order valence-electron chi connectivity index (χ4n) is 2.20. The van der Waals surface area contributed by atoms with Gasteiger partial charge in [0.2, 0.25) is 0 Å². The van der Waals surface area contributed by atoms with Crippen molar-refractivity contribution in [1.29, 1.82) is 0 Å². The van der Waals surface area contributed by atoms with Crippen LogP contribution >= 0.6 is 0 Å². The van der Waals surface area contributed by atoms with Gasteiger partial charge in [-0.3, -0.25) is 0 Å². The van der Waals surface area contributed by atoms with Crippen LogP contribution in [0.1, 0.15) is 25.8 Å². The van der Waals surface area contributed by atoms with E-state index in [2.05, 4.69) is 49.7 Å². The van der Waals surface area contributed by atoms with Crippen molar-refractivity contribution in [2.45, 2.75) is 20.3 Å². The van der Waals surface area contributed by atoms with E-state index >= 15 is 0 Å². The minimum Gasteiger partial charge on any atom is -0.497 e. The molecule has 2 nitrogen and oxygen atoms in total. The number of rotatable bonds is 4. The largest absolute Gasteiger partial charge is 0.497 e. The molecule has 1 heterocycles. The Morgan fingerprint density at radius 2 is 2.00 bits per heavy atom. The Bertz CT molecular complexity index is 576. The minimum absolute atomic E-state index is 0.880. The molecule has 1 aromatic carbocycles. The lowest BCUT2D eigenvalue weighted by Gasteiger charge is -2.25. The summed E-state index contributed by atoms with van der Waals surface area (Å²) in [5.74, 6) is 0.880. The first-order valence-electron chi connectivity index (χ1n) is 6.84. The molecule has 1 aliphatic heterocycles. The third-order valence-corrected chi connectivity index (χ3v) is 3.44. The number of hydrogen-bond donors (Lipinski definition) is 0. The van der Waals surface area contributed by atoms with E-state index in [1.54, 1.807) is 7.11 Å². The van der Waals surface area contributed by atoms with Crippen LogP contribution in [0.4, 0.5) is 0 Å². The number of ether oxygens (including phenoxy) is 1. The highest BCUT2D eigenvalue weighted by Crippen LogP contribution is 2.26. The van der Waals surface area contributed by atoms with Gasteiger partial charge in [0.05, 0.1) is 7.11 Å². The summed E-state index contributed by atoms with van der Waals surface area (Å²) >= 11 is 0. The molecule has 2 heteroatoms. The van der Waals surface area contributed by atoms with E-state index in [1.807, 2.05) is 24.3 Å². The highest BCUT2D eigenvalue weighted by Gasteiger charge is 2.10. The average Bonchev–Trinajstić information content (AvgIpc) is 2.47. The average molecular weight is 267 g/mol. The summed E-state index contributed by atoms with van der Waals surface area (Å²) in [5, 5.41) is 0. The molecule has 0 amide bonds. The lowest BCUT2D eigenvalue weighted by molar-refractivity contribution is 0.415. The van der Waals surface area contributed by atoms with Crippen LogP contribution in [0, 0.1) is 0 Å². The van der Waals surface area contributed by atoms with Crippen LogP contribution in [-0.4, -0.2) is 12.0 Å². The van der Waals surface area contributed by atoms with Gasteiger partial charge >= 0.3 is 0 Å². The van der Waals surface area contributed by atoms with Crippen LogP contribution in [0.15, 0.2) is 66.7 Å². The Morgan fingerprint density at radius 1 is 1.30 bits per heavy atom. The number of nitrogens with zero attached hydrogens (tertiary/aromatic N) is 1. The molecular formula is C18H21NO. The second kappa shape index (κ2) is 6.29. The van der Waals surface area contributed by atoms with E-state index < -0.39 is 0 Å². The summed E-state index contributed by atoms with van der Waals surface area (Å²) in [6.07, 6.45) is 9.27. The predicted molar refractivity (Wildman–Crippen MR) is 85.1 cm³/mol. The maximum Gasteiger partial charge on any atom is 0.118 e. The van der Waals surface area contributed by atoms with Gasteiger partial charge in [0, 0.05) is 17.6 Å². The maximum absolute atomic E-state index is 5.20. The molecule has 1 aromatic rings. The van der Waals surface area contributed by atoms with Crippen LogP contribution in [0.2, 0.25) is 0 Å². The molecule has 0 aromatic heterocycles. The first-order chi connectivity index (χ1) is 9.65. The Hall–Kier alpha value is -2.22. The molecule has 0 atom stereocenters. The lowest BCUT2D eigenvalue weighted by atomic mass is 10.0. The second-order valence-corrected chi connectivity index (χ2v) is 4.76. The van der Waals surface area contributed by atoms with E-state index in [4.69, 9.17) is 4.74 Å². The quantitative estimate of drug-likeness (QED) is 0.781. The van der Waals surface area contributed by atoms with Crippen molar-refractivity contribution >= 4 is 5.57 Å². The first kappa shape index (κ1) is 14.2. The Morgan fingerprint density at radius 3 is 2.55 bits per heavy atom. The number of methoxy groups -OCH3 is 1. The van der Waals surface area contributed by atoms with Crippen molar-refractivity contribution in [3.63, 3.8) is 0 Å². The van der Waals surface area contributed by atoms with Crippen molar-refractivity contribution in [3.8, 4) is 5.75 Å². The summed E-state index contributed by atoms with van der Waals surface area (Å²) in [6.45, 7) is 8.34. The van der Waals surface area contributed by atoms with E-state index in [0.717, 1.165) is 17.9 Å². The van der Waals surface area contributed by atoms with Crippen molar-refractivity contribution in [3.05, 3.63) is 72.2 Å². The molecule has 0 fully saturated rings. The minimum atomic E-state index is 0.880. The molecule has 0 aliphatic carbocycles. The van der Waals surface area contributed by atoms with Gasteiger partial charge in [-0.25, -0.2) is 0 Å². The molecule has 0 N–H and O–H groups in total. The molecular weight excluding hydrogens is 246 g/mol. The maximum atomic E-state index is 5.20. The molecule has 104 valence electrons. The van der Waals surface area contributed by atoms with Gasteiger partial charge in [-0.15, -0.1) is 0 Å². The molecule has 0 spiro atoms. The molecule has 2 rings (SSSR count). The van der Waals surface area contributed by atoms with Crippen LogP contribution < -0.4 is 4.74 Å². The zero-order valence-electron chi connectivity index (χ0n) is 12.4. The van der Waals surface area contributed by atoms with Crippen LogP contribution in [0.5, 0.6) is 5.75 Å². The van der Waals surface area contributed by atoms with Crippen LogP contribution in [-0.2, 0) is 0 Å².